The summed E-state index contributed by atoms with van der Waals surface area (Å²) < 4.78 is 11.2. The predicted octanol–water partition coefficient (Wildman–Crippen LogP) is 1.03. The van der Waals surface area contributed by atoms with Crippen molar-refractivity contribution in [1.82, 2.24) is 0 Å². The standard InChI is InChI=1S/C13H19NO3/c1-9-13(15)11(14)7-12(17-9)16-8-10-5-3-2-4-6-10/h2-6,9,11-13,15H,7-8,14H2,1H3. The van der Waals surface area contributed by atoms with E-state index in [1.165, 1.54) is 0 Å². The van der Waals surface area contributed by atoms with E-state index in [0.717, 1.165) is 5.56 Å². The highest BCUT2D eigenvalue weighted by Gasteiger charge is 2.33. The van der Waals surface area contributed by atoms with E-state index in [9.17, 15) is 5.11 Å². The maximum atomic E-state index is 9.64. The molecule has 1 aromatic rings. The molecule has 1 aliphatic rings. The van der Waals surface area contributed by atoms with Gasteiger partial charge in [0.2, 0.25) is 0 Å². The molecule has 17 heavy (non-hydrogen) atoms. The van der Waals surface area contributed by atoms with Crippen LogP contribution in [0.3, 0.4) is 0 Å². The van der Waals surface area contributed by atoms with E-state index in [0.29, 0.717) is 13.0 Å². The Kier molecular flexibility index (Phi) is 4.12. The van der Waals surface area contributed by atoms with Crippen molar-refractivity contribution in [3.63, 3.8) is 0 Å². The van der Waals surface area contributed by atoms with Crippen molar-refractivity contribution in [2.75, 3.05) is 0 Å². The van der Waals surface area contributed by atoms with Crippen molar-refractivity contribution < 1.29 is 14.6 Å². The summed E-state index contributed by atoms with van der Waals surface area (Å²) in [6.45, 7) is 2.31. The zero-order valence-electron chi connectivity index (χ0n) is 9.95. The summed E-state index contributed by atoms with van der Waals surface area (Å²) in [7, 11) is 0. The van der Waals surface area contributed by atoms with Crippen LogP contribution in [0.25, 0.3) is 0 Å². The molecule has 0 radical (unpaired) electrons. The van der Waals surface area contributed by atoms with Gasteiger partial charge in [0.05, 0.1) is 18.8 Å². The van der Waals surface area contributed by atoms with Crippen molar-refractivity contribution in [2.24, 2.45) is 5.73 Å². The Morgan fingerprint density at radius 2 is 2.12 bits per heavy atom. The van der Waals surface area contributed by atoms with Crippen molar-refractivity contribution in [2.45, 2.75) is 44.5 Å². The molecule has 0 amide bonds. The van der Waals surface area contributed by atoms with E-state index in [1.807, 2.05) is 37.3 Å². The fraction of sp³-hybridized carbons (Fsp3) is 0.538. The smallest absolute Gasteiger partial charge is 0.160 e. The summed E-state index contributed by atoms with van der Waals surface area (Å²) in [5, 5.41) is 9.64. The van der Waals surface area contributed by atoms with Gasteiger partial charge < -0.3 is 20.3 Å². The Hall–Kier alpha value is -0.940. The van der Waals surface area contributed by atoms with Crippen LogP contribution >= 0.6 is 0 Å². The molecule has 3 N–H and O–H groups in total. The van der Waals surface area contributed by atoms with Gasteiger partial charge in [-0.25, -0.2) is 0 Å². The summed E-state index contributed by atoms with van der Waals surface area (Å²) in [5.41, 5.74) is 6.92. The first-order chi connectivity index (χ1) is 8.16. The Labute approximate surface area is 101 Å². The predicted molar refractivity (Wildman–Crippen MR) is 64.2 cm³/mol. The maximum Gasteiger partial charge on any atom is 0.160 e. The molecule has 94 valence electrons. The lowest BCUT2D eigenvalue weighted by atomic mass is 10.0. The van der Waals surface area contributed by atoms with E-state index in [4.69, 9.17) is 15.2 Å². The topological polar surface area (TPSA) is 64.7 Å². The molecule has 1 aliphatic heterocycles. The summed E-state index contributed by atoms with van der Waals surface area (Å²) >= 11 is 0. The number of aliphatic hydroxyl groups excluding tert-OH is 1. The van der Waals surface area contributed by atoms with E-state index in [2.05, 4.69) is 0 Å². The first kappa shape index (κ1) is 12.5. The van der Waals surface area contributed by atoms with Gasteiger partial charge in [-0.1, -0.05) is 30.3 Å². The molecule has 0 spiro atoms. The van der Waals surface area contributed by atoms with E-state index < -0.39 is 6.10 Å². The van der Waals surface area contributed by atoms with Crippen LogP contribution in [0.2, 0.25) is 0 Å². The summed E-state index contributed by atoms with van der Waals surface area (Å²) in [4.78, 5) is 0. The molecule has 1 aromatic carbocycles. The lowest BCUT2D eigenvalue weighted by Crippen LogP contribution is -2.51. The minimum absolute atomic E-state index is 0.278. The molecule has 0 bridgehead atoms. The molecule has 2 rings (SSSR count). The van der Waals surface area contributed by atoms with Gasteiger partial charge in [-0.2, -0.15) is 0 Å². The lowest BCUT2D eigenvalue weighted by Gasteiger charge is -2.35. The van der Waals surface area contributed by atoms with Gasteiger partial charge in [-0.3, -0.25) is 0 Å². The first-order valence-electron chi connectivity index (χ1n) is 5.91. The molecule has 4 unspecified atom stereocenters. The quantitative estimate of drug-likeness (QED) is 0.824. The van der Waals surface area contributed by atoms with Crippen LogP contribution in [-0.2, 0) is 16.1 Å². The number of benzene rings is 1. The number of aliphatic hydroxyl groups is 1. The first-order valence-corrected chi connectivity index (χ1v) is 5.91. The molecule has 1 heterocycles. The zero-order valence-corrected chi connectivity index (χ0v) is 9.95. The monoisotopic (exact) mass is 237 g/mol. The Morgan fingerprint density at radius 3 is 2.76 bits per heavy atom. The minimum atomic E-state index is -0.605. The minimum Gasteiger partial charge on any atom is -0.389 e. The van der Waals surface area contributed by atoms with Gasteiger partial charge >= 0.3 is 0 Å². The van der Waals surface area contributed by atoms with Gasteiger partial charge in [-0.15, -0.1) is 0 Å². The molecule has 1 fully saturated rings. The molecule has 4 atom stereocenters. The second-order valence-electron chi connectivity index (χ2n) is 4.46. The summed E-state index contributed by atoms with van der Waals surface area (Å²) in [5.74, 6) is 0. The molecule has 4 nitrogen and oxygen atoms in total. The van der Waals surface area contributed by atoms with Gasteiger partial charge in [0.15, 0.2) is 6.29 Å². The number of hydrogen-bond donors (Lipinski definition) is 2. The molecule has 4 heteroatoms. The highest BCUT2D eigenvalue weighted by Crippen LogP contribution is 2.20. The zero-order chi connectivity index (χ0) is 12.3. The fourth-order valence-electron chi connectivity index (χ4n) is 1.96. The van der Waals surface area contributed by atoms with Crippen molar-refractivity contribution in [1.29, 1.82) is 0 Å². The molecule has 0 saturated carbocycles. The highest BCUT2D eigenvalue weighted by molar-refractivity contribution is 5.13. The second kappa shape index (κ2) is 5.60. The fourth-order valence-corrected chi connectivity index (χ4v) is 1.96. The summed E-state index contributed by atoms with van der Waals surface area (Å²) in [6, 6.07) is 9.63. The second-order valence-corrected chi connectivity index (χ2v) is 4.46. The Morgan fingerprint density at radius 1 is 1.41 bits per heavy atom. The average molecular weight is 237 g/mol. The van der Waals surface area contributed by atoms with E-state index in [-0.39, 0.29) is 18.4 Å². The number of hydrogen-bond acceptors (Lipinski definition) is 4. The molecule has 0 aliphatic carbocycles. The number of rotatable bonds is 3. The van der Waals surface area contributed by atoms with Crippen molar-refractivity contribution in [3.05, 3.63) is 35.9 Å². The Bertz CT molecular complexity index is 332. The van der Waals surface area contributed by atoms with Crippen LogP contribution in [0.1, 0.15) is 18.9 Å². The van der Waals surface area contributed by atoms with Crippen molar-refractivity contribution >= 4 is 0 Å². The number of nitrogens with two attached hydrogens (primary N) is 1. The normalized spacial score (nSPS) is 33.6. The molecular formula is C13H19NO3. The van der Waals surface area contributed by atoms with E-state index in [1.54, 1.807) is 0 Å². The largest absolute Gasteiger partial charge is 0.389 e. The van der Waals surface area contributed by atoms with Crippen LogP contribution < -0.4 is 5.73 Å². The van der Waals surface area contributed by atoms with Crippen LogP contribution in [0.15, 0.2) is 30.3 Å². The highest BCUT2D eigenvalue weighted by atomic mass is 16.7. The van der Waals surface area contributed by atoms with Crippen molar-refractivity contribution in [3.8, 4) is 0 Å². The van der Waals surface area contributed by atoms with Crippen LogP contribution in [0.5, 0.6) is 0 Å². The van der Waals surface area contributed by atoms with Gasteiger partial charge in [0, 0.05) is 12.5 Å². The van der Waals surface area contributed by atoms with E-state index >= 15 is 0 Å². The SMILES string of the molecule is CC1OC(OCc2ccccc2)CC(N)C1O. The molecule has 0 aromatic heterocycles. The van der Waals surface area contributed by atoms with Crippen LogP contribution in [-0.4, -0.2) is 29.6 Å². The lowest BCUT2D eigenvalue weighted by molar-refractivity contribution is -0.226. The third-order valence-electron chi connectivity index (χ3n) is 3.03. The third-order valence-corrected chi connectivity index (χ3v) is 3.03. The number of ether oxygens (including phenoxy) is 2. The maximum absolute atomic E-state index is 9.64. The van der Waals surface area contributed by atoms with Gasteiger partial charge in [0.25, 0.3) is 0 Å². The molecule has 1 saturated heterocycles. The van der Waals surface area contributed by atoms with Gasteiger partial charge in [-0.05, 0) is 12.5 Å². The van der Waals surface area contributed by atoms with Crippen LogP contribution in [0.4, 0.5) is 0 Å². The van der Waals surface area contributed by atoms with Gasteiger partial charge in [0.1, 0.15) is 0 Å². The third kappa shape index (κ3) is 3.26. The Balaban J connectivity index is 1.84. The van der Waals surface area contributed by atoms with Crippen LogP contribution in [0, 0.1) is 0 Å². The summed E-state index contributed by atoms with van der Waals surface area (Å²) in [6.07, 6.45) is -0.687. The average Bonchev–Trinajstić information content (AvgIpc) is 2.34. The molecular weight excluding hydrogens is 218 g/mol.